The lowest BCUT2D eigenvalue weighted by Gasteiger charge is -2.15. The van der Waals surface area contributed by atoms with Gasteiger partial charge in [0.25, 0.3) is 11.8 Å². The molecule has 0 atom stereocenters. The van der Waals surface area contributed by atoms with Crippen molar-refractivity contribution in [1.82, 2.24) is 5.32 Å². The third kappa shape index (κ3) is 7.11. The number of halogens is 1. The zero-order valence-electron chi connectivity index (χ0n) is 18.7. The van der Waals surface area contributed by atoms with Crippen LogP contribution in [-0.2, 0) is 4.74 Å². The Labute approximate surface area is 212 Å². The molecule has 0 aliphatic heterocycles. The van der Waals surface area contributed by atoms with Crippen molar-refractivity contribution in [3.05, 3.63) is 87.9 Å². The quantitative estimate of drug-likeness (QED) is 0.269. The van der Waals surface area contributed by atoms with E-state index in [1.165, 1.54) is 0 Å². The Bertz CT molecular complexity index is 1190. The Hall–Kier alpha value is -3.27. The molecule has 0 radical (unpaired) electrons. The molecule has 0 spiro atoms. The topological polar surface area (TPSA) is 88.7 Å². The number of ether oxygens (including phenoxy) is 2. The van der Waals surface area contributed by atoms with Gasteiger partial charge in [-0.15, -0.1) is 0 Å². The van der Waals surface area contributed by atoms with Crippen molar-refractivity contribution in [2.45, 2.75) is 6.92 Å². The molecule has 0 aliphatic rings. The van der Waals surface area contributed by atoms with Gasteiger partial charge in [0.15, 0.2) is 5.11 Å². The first-order chi connectivity index (χ1) is 16.4. The molecule has 2 amide bonds. The number of hydrogen-bond donors (Lipinski definition) is 3. The van der Waals surface area contributed by atoms with Gasteiger partial charge in [-0.25, -0.2) is 0 Å². The van der Waals surface area contributed by atoms with Crippen molar-refractivity contribution in [2.75, 3.05) is 31.0 Å². The zero-order valence-corrected chi connectivity index (χ0v) is 21.1. The molecule has 0 aromatic heterocycles. The zero-order chi connectivity index (χ0) is 24.5. The summed E-state index contributed by atoms with van der Waals surface area (Å²) in [6.07, 6.45) is 0. The summed E-state index contributed by atoms with van der Waals surface area (Å²) in [5.74, 6) is -0.172. The number of amides is 2. The van der Waals surface area contributed by atoms with Gasteiger partial charge < -0.3 is 20.1 Å². The van der Waals surface area contributed by atoms with Crippen LogP contribution in [0.5, 0.6) is 5.75 Å². The number of anilines is 2. The SMILES string of the molecule is COCCOc1ccc(Br)cc1C(=O)NC(=S)Nc1ccc(NC(=O)c2ccccc2)c(C)c1. The third-order valence-electron chi connectivity index (χ3n) is 4.73. The molecular formula is C25H24BrN3O4S. The molecule has 0 bridgehead atoms. The van der Waals surface area contributed by atoms with Crippen molar-refractivity contribution in [1.29, 1.82) is 0 Å². The van der Waals surface area contributed by atoms with Gasteiger partial charge in [-0.05, 0) is 73.2 Å². The first-order valence-electron chi connectivity index (χ1n) is 10.4. The third-order valence-corrected chi connectivity index (χ3v) is 5.42. The number of rotatable bonds is 8. The van der Waals surface area contributed by atoms with Crippen LogP contribution in [0.15, 0.2) is 71.2 Å². The summed E-state index contributed by atoms with van der Waals surface area (Å²) < 4.78 is 11.4. The summed E-state index contributed by atoms with van der Waals surface area (Å²) in [4.78, 5) is 25.2. The van der Waals surface area contributed by atoms with E-state index in [1.54, 1.807) is 49.6 Å². The van der Waals surface area contributed by atoms with Gasteiger partial charge in [-0.2, -0.15) is 0 Å². The van der Waals surface area contributed by atoms with Gasteiger partial charge in [0.2, 0.25) is 0 Å². The Morgan fingerprint density at radius 1 is 0.941 bits per heavy atom. The fourth-order valence-electron chi connectivity index (χ4n) is 3.04. The minimum Gasteiger partial charge on any atom is -0.490 e. The summed E-state index contributed by atoms with van der Waals surface area (Å²) in [6, 6.07) is 19.5. The normalized spacial score (nSPS) is 10.3. The number of benzene rings is 3. The second-order valence-corrected chi connectivity index (χ2v) is 8.56. The lowest BCUT2D eigenvalue weighted by Crippen LogP contribution is -2.34. The predicted molar refractivity (Wildman–Crippen MR) is 141 cm³/mol. The lowest BCUT2D eigenvalue weighted by atomic mass is 10.1. The number of aryl methyl sites for hydroxylation is 1. The summed E-state index contributed by atoms with van der Waals surface area (Å²) in [5, 5.41) is 8.70. The van der Waals surface area contributed by atoms with E-state index < -0.39 is 5.91 Å². The molecule has 0 saturated carbocycles. The summed E-state index contributed by atoms with van der Waals surface area (Å²) in [5.41, 5.74) is 3.10. The fourth-order valence-corrected chi connectivity index (χ4v) is 3.61. The van der Waals surface area contributed by atoms with Crippen LogP contribution in [0.25, 0.3) is 0 Å². The Morgan fingerprint density at radius 3 is 2.41 bits per heavy atom. The minimum atomic E-state index is -0.408. The maximum absolute atomic E-state index is 12.8. The smallest absolute Gasteiger partial charge is 0.261 e. The second kappa shape index (κ2) is 12.3. The largest absolute Gasteiger partial charge is 0.490 e. The van der Waals surface area contributed by atoms with Crippen molar-refractivity contribution < 1.29 is 19.1 Å². The van der Waals surface area contributed by atoms with Crippen LogP contribution in [0, 0.1) is 6.92 Å². The molecule has 9 heteroatoms. The van der Waals surface area contributed by atoms with Crippen LogP contribution in [-0.4, -0.2) is 37.3 Å². The summed E-state index contributed by atoms with van der Waals surface area (Å²) in [6.45, 7) is 2.59. The standard InChI is InChI=1S/C25H24BrN3O4S/c1-16-14-19(9-10-21(16)28-23(30)17-6-4-3-5-7-17)27-25(34)29-24(31)20-15-18(26)8-11-22(20)33-13-12-32-2/h3-11,14-15H,12-13H2,1-2H3,(H,28,30)(H2,27,29,31,34). The molecule has 176 valence electrons. The Morgan fingerprint density at radius 2 is 1.71 bits per heavy atom. The number of carbonyl (C=O) groups excluding carboxylic acids is 2. The molecule has 7 nitrogen and oxygen atoms in total. The number of nitrogens with one attached hydrogen (secondary N) is 3. The molecule has 0 unspecified atom stereocenters. The monoisotopic (exact) mass is 541 g/mol. The molecule has 0 saturated heterocycles. The summed E-state index contributed by atoms with van der Waals surface area (Å²) >= 11 is 8.69. The lowest BCUT2D eigenvalue weighted by molar-refractivity contribution is 0.0968. The average Bonchev–Trinajstić information content (AvgIpc) is 2.82. The highest BCUT2D eigenvalue weighted by molar-refractivity contribution is 9.10. The van der Waals surface area contributed by atoms with Gasteiger partial charge in [0.05, 0.1) is 12.2 Å². The molecule has 0 heterocycles. The Kier molecular flexibility index (Phi) is 9.15. The van der Waals surface area contributed by atoms with Crippen LogP contribution in [0.4, 0.5) is 11.4 Å². The van der Waals surface area contributed by atoms with Gasteiger partial charge in [-0.3, -0.25) is 14.9 Å². The van der Waals surface area contributed by atoms with E-state index in [4.69, 9.17) is 21.7 Å². The van der Waals surface area contributed by atoms with Crippen LogP contribution in [0.1, 0.15) is 26.3 Å². The fraction of sp³-hybridized carbons (Fsp3) is 0.160. The van der Waals surface area contributed by atoms with Gasteiger partial charge in [-0.1, -0.05) is 34.1 Å². The highest BCUT2D eigenvalue weighted by atomic mass is 79.9. The van der Waals surface area contributed by atoms with Gasteiger partial charge in [0.1, 0.15) is 12.4 Å². The Balaban J connectivity index is 1.63. The van der Waals surface area contributed by atoms with Crippen LogP contribution in [0.2, 0.25) is 0 Å². The number of thiocarbonyl (C=S) groups is 1. The van der Waals surface area contributed by atoms with Crippen molar-refractivity contribution in [3.8, 4) is 5.75 Å². The van der Waals surface area contributed by atoms with E-state index >= 15 is 0 Å². The van der Waals surface area contributed by atoms with Crippen LogP contribution < -0.4 is 20.7 Å². The van der Waals surface area contributed by atoms with Gasteiger partial charge >= 0.3 is 0 Å². The van der Waals surface area contributed by atoms with Crippen LogP contribution in [0.3, 0.4) is 0 Å². The number of hydrogen-bond acceptors (Lipinski definition) is 5. The first-order valence-corrected chi connectivity index (χ1v) is 11.6. The molecule has 3 rings (SSSR count). The van der Waals surface area contributed by atoms with Crippen LogP contribution >= 0.6 is 28.1 Å². The van der Waals surface area contributed by atoms with E-state index in [0.717, 1.165) is 10.0 Å². The van der Waals surface area contributed by atoms with E-state index in [9.17, 15) is 9.59 Å². The maximum Gasteiger partial charge on any atom is 0.261 e. The second-order valence-electron chi connectivity index (χ2n) is 7.24. The first kappa shape index (κ1) is 25.4. The van der Waals surface area contributed by atoms with Crippen molar-refractivity contribution in [3.63, 3.8) is 0 Å². The van der Waals surface area contributed by atoms with E-state index in [1.807, 2.05) is 31.2 Å². The highest BCUT2D eigenvalue weighted by Crippen LogP contribution is 2.24. The molecule has 3 aromatic carbocycles. The average molecular weight is 542 g/mol. The van der Waals surface area contributed by atoms with E-state index in [0.29, 0.717) is 41.5 Å². The maximum atomic E-state index is 12.8. The molecular weight excluding hydrogens is 518 g/mol. The molecule has 34 heavy (non-hydrogen) atoms. The summed E-state index contributed by atoms with van der Waals surface area (Å²) in [7, 11) is 1.58. The predicted octanol–water partition coefficient (Wildman–Crippen LogP) is 5.16. The highest BCUT2D eigenvalue weighted by Gasteiger charge is 2.15. The van der Waals surface area contributed by atoms with Crippen molar-refractivity contribution >= 4 is 56.4 Å². The van der Waals surface area contributed by atoms with E-state index in [-0.39, 0.29) is 11.0 Å². The molecule has 0 aliphatic carbocycles. The molecule has 3 aromatic rings. The van der Waals surface area contributed by atoms with E-state index in [2.05, 4.69) is 31.9 Å². The number of methoxy groups -OCH3 is 1. The van der Waals surface area contributed by atoms with Crippen molar-refractivity contribution in [2.24, 2.45) is 0 Å². The van der Waals surface area contributed by atoms with Gasteiger partial charge in [0, 0.05) is 28.5 Å². The molecule has 0 fully saturated rings. The minimum absolute atomic E-state index is 0.133. The number of carbonyl (C=O) groups is 2. The molecule has 3 N–H and O–H groups in total.